The lowest BCUT2D eigenvalue weighted by molar-refractivity contribution is 0.0642. The average Bonchev–Trinajstić information content (AvgIpc) is 3.10. The SMILES string of the molecule is O=C1c2cccc(N3CCN(C/C(Cl)=C/c4ccccc4)CC3)c2C(=O)N1Cc1cccc(F)c1. The molecule has 1 fully saturated rings. The van der Waals surface area contributed by atoms with Gasteiger partial charge in [-0.15, -0.1) is 0 Å². The molecule has 3 aromatic rings. The number of anilines is 1. The monoisotopic (exact) mass is 489 g/mol. The minimum atomic E-state index is -0.392. The van der Waals surface area contributed by atoms with Crippen molar-refractivity contribution < 1.29 is 14.0 Å². The van der Waals surface area contributed by atoms with Crippen LogP contribution in [0.1, 0.15) is 31.8 Å². The molecule has 0 N–H and O–H groups in total. The summed E-state index contributed by atoms with van der Waals surface area (Å²) in [6.07, 6.45) is 1.98. The van der Waals surface area contributed by atoms with E-state index >= 15 is 0 Å². The molecule has 178 valence electrons. The van der Waals surface area contributed by atoms with E-state index in [1.54, 1.807) is 18.2 Å². The first kappa shape index (κ1) is 23.3. The summed E-state index contributed by atoms with van der Waals surface area (Å²) in [6, 6.07) is 21.4. The van der Waals surface area contributed by atoms with Crippen molar-refractivity contribution in [3.63, 3.8) is 0 Å². The van der Waals surface area contributed by atoms with E-state index in [1.807, 2.05) is 48.5 Å². The maximum atomic E-state index is 13.6. The molecule has 0 spiro atoms. The number of piperazine rings is 1. The molecule has 35 heavy (non-hydrogen) atoms. The molecule has 0 bridgehead atoms. The average molecular weight is 490 g/mol. The zero-order valence-corrected chi connectivity index (χ0v) is 19.9. The van der Waals surface area contributed by atoms with Crippen molar-refractivity contribution in [1.29, 1.82) is 0 Å². The first-order valence-corrected chi connectivity index (χ1v) is 12.0. The molecule has 0 atom stereocenters. The molecule has 5 rings (SSSR count). The highest BCUT2D eigenvalue weighted by Crippen LogP contribution is 2.33. The Morgan fingerprint density at radius 1 is 0.886 bits per heavy atom. The van der Waals surface area contributed by atoms with Crippen LogP contribution in [0, 0.1) is 5.82 Å². The number of imide groups is 1. The quantitative estimate of drug-likeness (QED) is 0.456. The maximum Gasteiger partial charge on any atom is 0.263 e. The van der Waals surface area contributed by atoms with Crippen molar-refractivity contribution in [1.82, 2.24) is 9.80 Å². The second-order valence-corrected chi connectivity index (χ2v) is 9.28. The van der Waals surface area contributed by atoms with Gasteiger partial charge >= 0.3 is 0 Å². The largest absolute Gasteiger partial charge is 0.368 e. The summed E-state index contributed by atoms with van der Waals surface area (Å²) in [6.45, 7) is 3.73. The molecule has 2 aliphatic heterocycles. The first-order valence-electron chi connectivity index (χ1n) is 11.6. The molecule has 3 aromatic carbocycles. The lowest BCUT2D eigenvalue weighted by Crippen LogP contribution is -2.47. The van der Waals surface area contributed by atoms with E-state index in [0.717, 1.165) is 42.5 Å². The van der Waals surface area contributed by atoms with Crippen LogP contribution in [0.25, 0.3) is 6.08 Å². The summed E-state index contributed by atoms with van der Waals surface area (Å²) in [7, 11) is 0. The van der Waals surface area contributed by atoms with E-state index < -0.39 is 5.82 Å². The molecule has 5 nitrogen and oxygen atoms in total. The normalized spacial score (nSPS) is 16.7. The Hall–Kier alpha value is -3.48. The van der Waals surface area contributed by atoms with E-state index in [4.69, 9.17) is 11.6 Å². The van der Waals surface area contributed by atoms with Crippen molar-refractivity contribution in [2.75, 3.05) is 37.6 Å². The molecule has 0 unspecified atom stereocenters. The fourth-order valence-electron chi connectivity index (χ4n) is 4.68. The lowest BCUT2D eigenvalue weighted by Gasteiger charge is -2.36. The summed E-state index contributed by atoms with van der Waals surface area (Å²) in [4.78, 5) is 31.9. The van der Waals surface area contributed by atoms with Crippen LogP contribution in [0.2, 0.25) is 0 Å². The van der Waals surface area contributed by atoms with Gasteiger partial charge in [-0.05, 0) is 41.5 Å². The van der Waals surface area contributed by atoms with Crippen LogP contribution in [-0.4, -0.2) is 54.3 Å². The maximum absolute atomic E-state index is 13.6. The molecule has 1 saturated heterocycles. The molecule has 2 amide bonds. The van der Waals surface area contributed by atoms with Gasteiger partial charge in [0.05, 0.1) is 23.4 Å². The topological polar surface area (TPSA) is 43.9 Å². The highest BCUT2D eigenvalue weighted by Gasteiger charge is 2.38. The number of amides is 2. The van der Waals surface area contributed by atoms with Gasteiger partial charge in [0.25, 0.3) is 11.8 Å². The zero-order chi connectivity index (χ0) is 24.4. The van der Waals surface area contributed by atoms with Gasteiger partial charge in [-0.2, -0.15) is 0 Å². The Morgan fingerprint density at radius 2 is 1.63 bits per heavy atom. The highest BCUT2D eigenvalue weighted by molar-refractivity contribution is 6.31. The van der Waals surface area contributed by atoms with Crippen molar-refractivity contribution >= 4 is 35.2 Å². The van der Waals surface area contributed by atoms with E-state index in [9.17, 15) is 14.0 Å². The fourth-order valence-corrected chi connectivity index (χ4v) is 4.97. The van der Waals surface area contributed by atoms with Crippen molar-refractivity contribution in [2.45, 2.75) is 6.54 Å². The Bertz CT molecular complexity index is 1290. The van der Waals surface area contributed by atoms with Crippen LogP contribution in [-0.2, 0) is 6.54 Å². The molecular weight excluding hydrogens is 465 g/mol. The molecule has 7 heteroatoms. The van der Waals surface area contributed by atoms with Crippen LogP contribution in [0.15, 0.2) is 77.8 Å². The van der Waals surface area contributed by atoms with Gasteiger partial charge in [0, 0.05) is 37.8 Å². The molecule has 0 aliphatic carbocycles. The third kappa shape index (κ3) is 4.99. The van der Waals surface area contributed by atoms with Crippen molar-refractivity contribution in [2.24, 2.45) is 0 Å². The van der Waals surface area contributed by atoms with E-state index in [-0.39, 0.29) is 18.4 Å². The van der Waals surface area contributed by atoms with Gasteiger partial charge in [-0.3, -0.25) is 19.4 Å². The number of halogens is 2. The Balaban J connectivity index is 1.27. The molecule has 2 heterocycles. The van der Waals surface area contributed by atoms with Gasteiger partial charge in [0.2, 0.25) is 0 Å². The van der Waals surface area contributed by atoms with E-state index in [0.29, 0.717) is 23.2 Å². The third-order valence-electron chi connectivity index (χ3n) is 6.42. The first-order chi connectivity index (χ1) is 17.0. The number of rotatable bonds is 6. The summed E-state index contributed by atoms with van der Waals surface area (Å²) in [5.41, 5.74) is 3.26. The Morgan fingerprint density at radius 3 is 2.37 bits per heavy atom. The predicted molar refractivity (Wildman–Crippen MR) is 136 cm³/mol. The van der Waals surface area contributed by atoms with Crippen molar-refractivity contribution in [3.8, 4) is 0 Å². The number of carbonyl (C=O) groups is 2. The van der Waals surface area contributed by atoms with E-state index in [2.05, 4.69) is 9.80 Å². The molecular formula is C28H25ClFN3O2. The summed E-state index contributed by atoms with van der Waals surface area (Å²) >= 11 is 6.50. The van der Waals surface area contributed by atoms with Crippen LogP contribution < -0.4 is 4.90 Å². The van der Waals surface area contributed by atoms with Crippen molar-refractivity contribution in [3.05, 3.63) is 106 Å². The Kier molecular flexibility index (Phi) is 6.66. The van der Waals surface area contributed by atoms with Crippen LogP contribution in [0.4, 0.5) is 10.1 Å². The number of hydrogen-bond acceptors (Lipinski definition) is 4. The third-order valence-corrected chi connectivity index (χ3v) is 6.65. The van der Waals surface area contributed by atoms with Gasteiger partial charge in [0.1, 0.15) is 5.82 Å². The molecule has 0 saturated carbocycles. The lowest BCUT2D eigenvalue weighted by atomic mass is 10.1. The molecule has 0 aromatic heterocycles. The minimum absolute atomic E-state index is 0.0452. The van der Waals surface area contributed by atoms with Crippen LogP contribution in [0.3, 0.4) is 0 Å². The number of benzene rings is 3. The van der Waals surface area contributed by atoms with Crippen LogP contribution >= 0.6 is 11.6 Å². The highest BCUT2D eigenvalue weighted by atomic mass is 35.5. The van der Waals surface area contributed by atoms with Gasteiger partial charge in [0.15, 0.2) is 0 Å². The second-order valence-electron chi connectivity index (χ2n) is 8.79. The fraction of sp³-hybridized carbons (Fsp3) is 0.214. The van der Waals surface area contributed by atoms with E-state index in [1.165, 1.54) is 17.0 Å². The minimum Gasteiger partial charge on any atom is -0.368 e. The Labute approximate surface area is 209 Å². The summed E-state index contributed by atoms with van der Waals surface area (Å²) < 4.78 is 13.6. The standard InChI is InChI=1S/C28H25ClFN3O2/c29-22(16-20-6-2-1-3-7-20)19-31-12-14-32(15-13-31)25-11-5-10-24-26(25)28(35)33(27(24)34)18-21-8-4-9-23(30)17-21/h1-11,16-17H,12-15,18-19H2/b22-16-. The van der Waals surface area contributed by atoms with Gasteiger partial charge in [-0.25, -0.2) is 4.39 Å². The number of carbonyl (C=O) groups excluding carboxylic acids is 2. The number of hydrogen-bond donors (Lipinski definition) is 0. The smallest absolute Gasteiger partial charge is 0.263 e. The van der Waals surface area contributed by atoms with Crippen LogP contribution in [0.5, 0.6) is 0 Å². The molecule has 2 aliphatic rings. The van der Waals surface area contributed by atoms with Gasteiger partial charge in [-0.1, -0.05) is 60.1 Å². The molecule has 0 radical (unpaired) electrons. The number of nitrogens with zero attached hydrogens (tertiary/aromatic N) is 3. The zero-order valence-electron chi connectivity index (χ0n) is 19.2. The predicted octanol–water partition coefficient (Wildman–Crippen LogP) is 5.02. The summed E-state index contributed by atoms with van der Waals surface area (Å²) in [5, 5.41) is 0.777. The van der Waals surface area contributed by atoms with Gasteiger partial charge < -0.3 is 4.90 Å². The summed E-state index contributed by atoms with van der Waals surface area (Å²) in [5.74, 6) is -1.06. The number of fused-ring (bicyclic) bond motifs is 1. The second kappa shape index (κ2) is 10.0.